The SMILES string of the molecule is CC[C@H](OC)[C@@H](C)[C@H]1O[C@@H]1C(NCc1ccc(Cl)c(Cl)c1)C(C)(O)/C=C/C=C(\C)[C@@H]1OC(=O)C[C@H](O)CC[C@@](C)(O)[C@@H](OC(C)=O)/C=C/[C@@H]1C. The van der Waals surface area contributed by atoms with Crippen LogP contribution in [0, 0.1) is 11.8 Å². The Kier molecular flexibility index (Phi) is 15.6. The molecule has 0 saturated carbocycles. The van der Waals surface area contributed by atoms with E-state index in [1.54, 1.807) is 63.5 Å². The third kappa shape index (κ3) is 11.9. The van der Waals surface area contributed by atoms with Crippen LogP contribution < -0.4 is 5.32 Å². The van der Waals surface area contributed by atoms with E-state index < -0.39 is 53.4 Å². The van der Waals surface area contributed by atoms with Crippen molar-refractivity contribution in [2.24, 2.45) is 11.8 Å². The van der Waals surface area contributed by atoms with E-state index >= 15 is 0 Å². The van der Waals surface area contributed by atoms with Gasteiger partial charge in [-0.3, -0.25) is 9.59 Å². The number of aliphatic hydroxyl groups excluding tert-OH is 1. The third-order valence-electron chi connectivity index (χ3n) is 9.70. The summed E-state index contributed by atoms with van der Waals surface area (Å²) in [6.45, 7) is 12.7. The van der Waals surface area contributed by atoms with Crippen molar-refractivity contribution in [1.82, 2.24) is 5.32 Å². The highest BCUT2D eigenvalue weighted by atomic mass is 35.5. The van der Waals surface area contributed by atoms with Gasteiger partial charge in [0.15, 0.2) is 0 Å². The highest BCUT2D eigenvalue weighted by Crippen LogP contribution is 2.39. The molecule has 2 unspecified atom stereocenters. The fourth-order valence-corrected chi connectivity index (χ4v) is 6.87. The first-order valence-electron chi connectivity index (χ1n) is 17.3. The Bertz CT molecular complexity index is 1390. The van der Waals surface area contributed by atoms with E-state index in [9.17, 15) is 24.9 Å². The fraction of sp³-hybridized carbons (Fsp3) is 0.632. The molecule has 0 bridgehead atoms. The molecule has 11 atom stereocenters. The van der Waals surface area contributed by atoms with Crippen LogP contribution in [0.3, 0.4) is 0 Å². The van der Waals surface area contributed by atoms with Crippen LogP contribution in [0.4, 0.5) is 0 Å². The summed E-state index contributed by atoms with van der Waals surface area (Å²) in [5.41, 5.74) is -1.29. The van der Waals surface area contributed by atoms with Crippen LogP contribution in [0.15, 0.2) is 54.2 Å². The Labute approximate surface area is 306 Å². The zero-order chi connectivity index (χ0) is 37.4. The molecule has 0 aromatic heterocycles. The lowest BCUT2D eigenvalue weighted by molar-refractivity contribution is -0.157. The summed E-state index contributed by atoms with van der Waals surface area (Å²) < 4.78 is 23.1. The number of esters is 2. The van der Waals surface area contributed by atoms with Crippen molar-refractivity contribution >= 4 is 35.1 Å². The molecule has 2 aliphatic heterocycles. The third-order valence-corrected chi connectivity index (χ3v) is 10.4. The standard InChI is InChI=1S/C38H55Cl2NO9/c1-9-30(47-8)24(4)34-35(50-34)36(41-21-26-13-14-28(39)29(40)19-26)38(7,46)17-10-11-22(2)33-23(3)12-15-31(48-25(5)42)37(6,45)18-16-27(43)20-32(44)49-33/h10-15,17,19,23-24,27,30-31,33-36,41,43,45-46H,9,16,18,20-21H2,1-8H3/b15-12+,17-10+,22-11+/t23-,24+,27+,30-,31-,33-,34+,35-,36?,37+,38?/m0/s1. The molecule has 1 saturated heterocycles. The molecule has 2 aliphatic rings. The molecule has 50 heavy (non-hydrogen) atoms. The van der Waals surface area contributed by atoms with Crippen LogP contribution in [0.25, 0.3) is 0 Å². The first-order valence-corrected chi connectivity index (χ1v) is 18.0. The second-order valence-corrected chi connectivity index (χ2v) is 15.0. The molecule has 3 rings (SSSR count). The van der Waals surface area contributed by atoms with Crippen LogP contribution >= 0.6 is 23.2 Å². The predicted octanol–water partition coefficient (Wildman–Crippen LogP) is 5.87. The number of nitrogens with one attached hydrogen (secondary N) is 1. The largest absolute Gasteiger partial charge is 0.457 e. The van der Waals surface area contributed by atoms with Crippen molar-refractivity contribution in [3.05, 3.63) is 69.8 Å². The Hall–Kier alpha value is -2.28. The predicted molar refractivity (Wildman–Crippen MR) is 194 cm³/mol. The van der Waals surface area contributed by atoms with Crippen LogP contribution in [0.2, 0.25) is 10.0 Å². The van der Waals surface area contributed by atoms with Crippen LogP contribution in [-0.4, -0.2) is 88.2 Å². The average molecular weight is 741 g/mol. The molecule has 12 heteroatoms. The van der Waals surface area contributed by atoms with Gasteiger partial charge in [0.2, 0.25) is 0 Å². The fourth-order valence-electron chi connectivity index (χ4n) is 6.55. The van der Waals surface area contributed by atoms with E-state index in [1.165, 1.54) is 13.8 Å². The number of carbonyl (C=O) groups is 2. The number of aliphatic hydroxyl groups is 3. The Morgan fingerprint density at radius 3 is 2.54 bits per heavy atom. The lowest BCUT2D eigenvalue weighted by Gasteiger charge is -2.32. The lowest BCUT2D eigenvalue weighted by atomic mass is 9.87. The number of cyclic esters (lactones) is 1. The molecule has 2 heterocycles. The van der Waals surface area contributed by atoms with Gasteiger partial charge in [-0.25, -0.2) is 0 Å². The molecule has 10 nitrogen and oxygen atoms in total. The van der Waals surface area contributed by atoms with Gasteiger partial charge in [-0.1, -0.05) is 74.3 Å². The minimum absolute atomic E-state index is 0.00744. The maximum atomic E-state index is 12.9. The van der Waals surface area contributed by atoms with Gasteiger partial charge in [0.25, 0.3) is 0 Å². The van der Waals surface area contributed by atoms with Gasteiger partial charge >= 0.3 is 11.9 Å². The number of epoxide rings is 1. The number of benzene rings is 1. The summed E-state index contributed by atoms with van der Waals surface area (Å²) in [6.07, 6.45) is 6.10. The molecule has 1 aromatic carbocycles. The first kappa shape index (κ1) is 42.1. The van der Waals surface area contributed by atoms with Crippen molar-refractivity contribution in [3.8, 4) is 0 Å². The van der Waals surface area contributed by atoms with Gasteiger partial charge in [-0.2, -0.15) is 0 Å². The zero-order valence-electron chi connectivity index (χ0n) is 30.4. The number of hydrogen-bond donors (Lipinski definition) is 4. The van der Waals surface area contributed by atoms with Crippen LogP contribution in [0.5, 0.6) is 0 Å². The number of ether oxygens (including phenoxy) is 4. The molecule has 280 valence electrons. The molecular formula is C38H55Cl2NO9. The molecule has 1 fully saturated rings. The molecule has 0 radical (unpaired) electrons. The van der Waals surface area contributed by atoms with E-state index in [2.05, 4.69) is 19.2 Å². The second kappa shape index (κ2) is 18.5. The number of halogens is 2. The minimum atomic E-state index is -1.46. The summed E-state index contributed by atoms with van der Waals surface area (Å²) in [6, 6.07) is 4.87. The minimum Gasteiger partial charge on any atom is -0.457 e. The summed E-state index contributed by atoms with van der Waals surface area (Å²) >= 11 is 12.4. The van der Waals surface area contributed by atoms with Crippen molar-refractivity contribution in [3.63, 3.8) is 0 Å². The zero-order valence-corrected chi connectivity index (χ0v) is 31.9. The normalized spacial score (nSPS) is 31.8. The highest BCUT2D eigenvalue weighted by Gasteiger charge is 2.54. The Balaban J connectivity index is 1.88. The number of hydrogen-bond acceptors (Lipinski definition) is 10. The average Bonchev–Trinajstić information content (AvgIpc) is 3.82. The second-order valence-electron chi connectivity index (χ2n) is 14.1. The maximum Gasteiger partial charge on any atom is 0.309 e. The van der Waals surface area contributed by atoms with E-state index in [-0.39, 0.29) is 43.5 Å². The van der Waals surface area contributed by atoms with Gasteiger partial charge < -0.3 is 39.6 Å². The summed E-state index contributed by atoms with van der Waals surface area (Å²) in [5, 5.41) is 37.9. The molecule has 0 aliphatic carbocycles. The number of carbonyl (C=O) groups excluding carboxylic acids is 2. The maximum absolute atomic E-state index is 12.9. The summed E-state index contributed by atoms with van der Waals surface area (Å²) in [4.78, 5) is 24.7. The van der Waals surface area contributed by atoms with E-state index in [4.69, 9.17) is 42.1 Å². The summed E-state index contributed by atoms with van der Waals surface area (Å²) in [5.74, 6) is -1.44. The van der Waals surface area contributed by atoms with Crippen molar-refractivity contribution in [2.75, 3.05) is 7.11 Å². The lowest BCUT2D eigenvalue weighted by Crippen LogP contribution is -2.52. The molecule has 0 amide bonds. The number of allylic oxidation sites excluding steroid dienone is 2. The van der Waals surface area contributed by atoms with Crippen LogP contribution in [-0.2, 0) is 35.1 Å². The molecule has 1 aromatic rings. The Morgan fingerprint density at radius 2 is 1.92 bits per heavy atom. The van der Waals surface area contributed by atoms with Gasteiger partial charge in [0.05, 0.1) is 46.4 Å². The molecule has 4 N–H and O–H groups in total. The highest BCUT2D eigenvalue weighted by molar-refractivity contribution is 6.42. The quantitative estimate of drug-likeness (QED) is 0.0839. The van der Waals surface area contributed by atoms with Gasteiger partial charge in [-0.05, 0) is 69.4 Å². The number of rotatable bonds is 13. The van der Waals surface area contributed by atoms with E-state index in [0.717, 1.165) is 12.0 Å². The molecule has 0 spiro atoms. The first-order chi connectivity index (χ1) is 23.4. The van der Waals surface area contributed by atoms with Crippen LogP contribution in [0.1, 0.15) is 79.7 Å². The Morgan fingerprint density at radius 1 is 1.22 bits per heavy atom. The van der Waals surface area contributed by atoms with Gasteiger partial charge in [-0.15, -0.1) is 0 Å². The number of methoxy groups -OCH3 is 1. The van der Waals surface area contributed by atoms with Crippen molar-refractivity contribution in [1.29, 1.82) is 0 Å². The van der Waals surface area contributed by atoms with E-state index in [1.807, 2.05) is 13.0 Å². The molecular weight excluding hydrogens is 685 g/mol. The topological polar surface area (TPSA) is 147 Å². The smallest absolute Gasteiger partial charge is 0.309 e. The van der Waals surface area contributed by atoms with Gasteiger partial charge in [0.1, 0.15) is 23.9 Å². The summed E-state index contributed by atoms with van der Waals surface area (Å²) in [7, 11) is 1.69. The van der Waals surface area contributed by atoms with Crippen molar-refractivity contribution < 1.29 is 43.9 Å². The monoisotopic (exact) mass is 739 g/mol. The van der Waals surface area contributed by atoms with E-state index in [0.29, 0.717) is 22.2 Å². The van der Waals surface area contributed by atoms with Gasteiger partial charge in [0, 0.05) is 32.4 Å². The van der Waals surface area contributed by atoms with Crippen molar-refractivity contribution in [2.45, 2.75) is 135 Å².